The molecule has 102 valence electrons. The Morgan fingerprint density at radius 1 is 1.44 bits per heavy atom. The molecule has 0 atom stereocenters. The molecule has 0 unspecified atom stereocenters. The maximum Gasteiger partial charge on any atom is 0.260 e. The molecule has 1 aromatic rings. The first-order chi connectivity index (χ1) is 8.38. The van der Waals surface area contributed by atoms with Crippen molar-refractivity contribution < 1.29 is 13.5 Å². The van der Waals surface area contributed by atoms with Gasteiger partial charge < -0.3 is 5.11 Å². The van der Waals surface area contributed by atoms with E-state index in [2.05, 4.69) is 14.9 Å². The van der Waals surface area contributed by atoms with Gasteiger partial charge in [-0.25, -0.2) is 13.1 Å². The zero-order valence-electron chi connectivity index (χ0n) is 10.7. The molecule has 1 heterocycles. The molecule has 2 rings (SSSR count). The van der Waals surface area contributed by atoms with Gasteiger partial charge in [-0.2, -0.15) is 5.10 Å². The lowest BCUT2D eigenvalue weighted by atomic mass is 10.0. The van der Waals surface area contributed by atoms with Gasteiger partial charge in [0, 0.05) is 16.8 Å². The molecule has 6 nitrogen and oxygen atoms in total. The number of aliphatic hydroxyl groups is 1. The molecule has 7 heteroatoms. The second-order valence-corrected chi connectivity index (χ2v) is 6.76. The van der Waals surface area contributed by atoms with Crippen molar-refractivity contribution in [3.8, 4) is 0 Å². The Hall–Kier alpha value is -0.920. The van der Waals surface area contributed by atoms with Crippen molar-refractivity contribution in [1.29, 1.82) is 0 Å². The lowest BCUT2D eigenvalue weighted by Gasteiger charge is -2.24. The Kier molecular flexibility index (Phi) is 3.48. The number of aliphatic hydroxyl groups excluding tert-OH is 1. The van der Waals surface area contributed by atoms with Crippen LogP contribution >= 0.6 is 0 Å². The Morgan fingerprint density at radius 3 is 2.61 bits per heavy atom. The normalized spacial score (nSPS) is 19.3. The molecule has 0 bridgehead atoms. The molecule has 0 saturated heterocycles. The topological polar surface area (TPSA) is 95.1 Å². The van der Waals surface area contributed by atoms with Gasteiger partial charge in [0.05, 0.1) is 6.61 Å². The van der Waals surface area contributed by atoms with E-state index in [1.165, 1.54) is 0 Å². The summed E-state index contributed by atoms with van der Waals surface area (Å²) >= 11 is 0. The first-order valence-corrected chi connectivity index (χ1v) is 7.55. The largest absolute Gasteiger partial charge is 0.392 e. The number of hydrogen-bond donors (Lipinski definition) is 3. The summed E-state index contributed by atoms with van der Waals surface area (Å²) in [6, 6.07) is 0. The Balaban J connectivity index is 2.30. The molecular weight excluding hydrogens is 254 g/mol. The molecule has 18 heavy (non-hydrogen) atoms. The smallest absolute Gasteiger partial charge is 0.260 e. The van der Waals surface area contributed by atoms with E-state index in [1.807, 2.05) is 6.92 Å². The highest BCUT2D eigenvalue weighted by Gasteiger charge is 2.35. The number of sulfonamides is 1. The van der Waals surface area contributed by atoms with Crippen LogP contribution in [-0.4, -0.2) is 29.3 Å². The third kappa shape index (κ3) is 2.43. The van der Waals surface area contributed by atoms with Crippen molar-refractivity contribution in [3.05, 3.63) is 11.3 Å². The third-order valence-corrected chi connectivity index (χ3v) is 5.14. The number of nitrogens with one attached hydrogen (secondary N) is 2. The summed E-state index contributed by atoms with van der Waals surface area (Å²) < 4.78 is 27.3. The summed E-state index contributed by atoms with van der Waals surface area (Å²) in [5, 5.41) is 15.5. The second-order valence-electron chi connectivity index (χ2n) is 5.16. The van der Waals surface area contributed by atoms with E-state index in [0.29, 0.717) is 11.3 Å². The van der Waals surface area contributed by atoms with E-state index >= 15 is 0 Å². The van der Waals surface area contributed by atoms with Crippen molar-refractivity contribution in [2.24, 2.45) is 0 Å². The van der Waals surface area contributed by atoms with E-state index in [4.69, 9.17) is 0 Å². The number of hydrogen-bond acceptors (Lipinski definition) is 4. The number of H-pyrrole nitrogens is 1. The average Bonchev–Trinajstić information content (AvgIpc) is 2.84. The highest BCUT2D eigenvalue weighted by Crippen LogP contribution is 2.31. The predicted octanol–water partition coefficient (Wildman–Crippen LogP) is 0.821. The number of aromatic amines is 1. The van der Waals surface area contributed by atoms with Crippen LogP contribution in [0.4, 0.5) is 0 Å². The van der Waals surface area contributed by atoms with Crippen LogP contribution in [0.25, 0.3) is 0 Å². The van der Waals surface area contributed by atoms with Crippen molar-refractivity contribution in [2.45, 2.75) is 56.7 Å². The van der Waals surface area contributed by atoms with E-state index in [1.54, 1.807) is 6.92 Å². The predicted molar refractivity (Wildman–Crippen MR) is 66.4 cm³/mol. The molecule has 0 aromatic carbocycles. The van der Waals surface area contributed by atoms with Crippen LogP contribution in [0.5, 0.6) is 0 Å². The zero-order chi connectivity index (χ0) is 13.4. The van der Waals surface area contributed by atoms with Crippen LogP contribution in [0, 0.1) is 6.92 Å². The fourth-order valence-electron chi connectivity index (χ4n) is 2.47. The van der Waals surface area contributed by atoms with Gasteiger partial charge in [-0.15, -0.1) is 0 Å². The molecule has 1 saturated carbocycles. The molecule has 0 amide bonds. The van der Waals surface area contributed by atoms with E-state index in [9.17, 15) is 13.5 Å². The minimum absolute atomic E-state index is 0.0874. The summed E-state index contributed by atoms with van der Waals surface area (Å²) in [7, 11) is -3.68. The quantitative estimate of drug-likeness (QED) is 0.757. The van der Waals surface area contributed by atoms with Crippen LogP contribution in [0.15, 0.2) is 5.03 Å². The molecule has 1 aromatic heterocycles. The van der Waals surface area contributed by atoms with E-state index < -0.39 is 15.6 Å². The van der Waals surface area contributed by atoms with Gasteiger partial charge in [0.25, 0.3) is 10.0 Å². The second kappa shape index (κ2) is 4.64. The highest BCUT2D eigenvalue weighted by atomic mass is 32.2. The van der Waals surface area contributed by atoms with Crippen molar-refractivity contribution in [1.82, 2.24) is 14.9 Å². The van der Waals surface area contributed by atoms with Crippen LogP contribution in [0.1, 0.15) is 43.9 Å². The van der Waals surface area contributed by atoms with Gasteiger partial charge in [-0.05, 0) is 26.7 Å². The van der Waals surface area contributed by atoms with E-state index in [-0.39, 0.29) is 11.6 Å². The number of rotatable bonds is 4. The lowest BCUT2D eigenvalue weighted by Crippen LogP contribution is -2.43. The van der Waals surface area contributed by atoms with Gasteiger partial charge >= 0.3 is 0 Å². The third-order valence-electron chi connectivity index (χ3n) is 3.54. The monoisotopic (exact) mass is 273 g/mol. The number of nitrogens with zero attached hydrogens (tertiary/aromatic N) is 1. The number of aryl methyl sites for hydroxylation is 1. The molecule has 1 aliphatic carbocycles. The maximum absolute atomic E-state index is 12.3. The Morgan fingerprint density at radius 2 is 2.06 bits per heavy atom. The summed E-state index contributed by atoms with van der Waals surface area (Å²) in [4.78, 5) is 0. The fraction of sp³-hybridized carbons (Fsp3) is 0.727. The molecule has 0 radical (unpaired) electrons. The number of aromatic nitrogens is 2. The first kappa shape index (κ1) is 13.5. The van der Waals surface area contributed by atoms with Crippen molar-refractivity contribution in [3.63, 3.8) is 0 Å². The van der Waals surface area contributed by atoms with Crippen molar-refractivity contribution in [2.75, 3.05) is 0 Å². The van der Waals surface area contributed by atoms with Crippen LogP contribution in [0.2, 0.25) is 0 Å². The summed E-state index contributed by atoms with van der Waals surface area (Å²) in [6.45, 7) is 3.26. The van der Waals surface area contributed by atoms with Crippen LogP contribution in [-0.2, 0) is 16.6 Å². The minimum Gasteiger partial charge on any atom is -0.392 e. The molecule has 0 spiro atoms. The van der Waals surface area contributed by atoms with Gasteiger partial charge in [0.2, 0.25) is 0 Å². The fourth-order valence-corrected chi connectivity index (χ4v) is 4.13. The van der Waals surface area contributed by atoms with Crippen LogP contribution < -0.4 is 4.72 Å². The Bertz CT molecular complexity index is 530. The van der Waals surface area contributed by atoms with Gasteiger partial charge in [0.1, 0.15) is 0 Å². The first-order valence-electron chi connectivity index (χ1n) is 6.07. The molecular formula is C11H19N3O3S. The lowest BCUT2D eigenvalue weighted by molar-refractivity contribution is 0.277. The van der Waals surface area contributed by atoms with Crippen molar-refractivity contribution >= 4 is 10.0 Å². The molecule has 1 fully saturated rings. The summed E-state index contributed by atoms with van der Waals surface area (Å²) in [5.74, 6) is 0. The molecule has 3 N–H and O–H groups in total. The zero-order valence-corrected chi connectivity index (χ0v) is 11.5. The highest BCUT2D eigenvalue weighted by molar-refractivity contribution is 7.89. The SMILES string of the molecule is Cc1[nH]nc(S(=O)(=O)NC2(C)CCCC2)c1CO. The molecule has 0 aliphatic heterocycles. The minimum atomic E-state index is -3.68. The molecule has 1 aliphatic rings. The van der Waals surface area contributed by atoms with Gasteiger partial charge in [0.15, 0.2) is 5.03 Å². The van der Waals surface area contributed by atoms with E-state index in [0.717, 1.165) is 25.7 Å². The van der Waals surface area contributed by atoms with Gasteiger partial charge in [-0.1, -0.05) is 12.8 Å². The average molecular weight is 273 g/mol. The summed E-state index contributed by atoms with van der Waals surface area (Å²) in [6.07, 6.45) is 3.74. The van der Waals surface area contributed by atoms with Gasteiger partial charge in [-0.3, -0.25) is 5.10 Å². The summed E-state index contributed by atoms with van der Waals surface area (Å²) in [5.41, 5.74) is 0.525. The Labute approximate surface area is 107 Å². The maximum atomic E-state index is 12.3. The van der Waals surface area contributed by atoms with Crippen LogP contribution in [0.3, 0.4) is 0 Å². The standard InChI is InChI=1S/C11H19N3O3S/c1-8-9(7-15)10(13-12-8)18(16,17)14-11(2)5-3-4-6-11/h14-15H,3-7H2,1-2H3,(H,12,13).